The Morgan fingerprint density at radius 3 is 3.00 bits per heavy atom. The number of carbonyl (C=O) groups is 1. The van der Waals surface area contributed by atoms with Crippen molar-refractivity contribution in [1.29, 1.82) is 0 Å². The third kappa shape index (κ3) is 2.15. The Labute approximate surface area is 114 Å². The molecule has 2 aromatic rings. The molecular weight excluding hydrogens is 268 g/mol. The fourth-order valence-corrected chi connectivity index (χ4v) is 2.18. The lowest BCUT2D eigenvalue weighted by atomic mass is 9.96. The highest BCUT2D eigenvalue weighted by Crippen LogP contribution is 2.38. The predicted octanol–water partition coefficient (Wildman–Crippen LogP) is 1.07. The average molecular weight is 281 g/mol. The Kier molecular flexibility index (Phi) is 2.68. The number of nitrogens with zero attached hydrogens (tertiary/aromatic N) is 3. The van der Waals surface area contributed by atoms with Gasteiger partial charge in [-0.1, -0.05) is 11.6 Å². The highest BCUT2D eigenvalue weighted by atomic mass is 35.5. The SMILES string of the molecule is CC(N)(C(=O)Nc1nc(Cl)c2[nH]cnc2n1)C1CC1. The number of hydrogen-bond acceptors (Lipinski definition) is 5. The number of halogens is 1. The molecule has 100 valence electrons. The third-order valence-electron chi connectivity index (χ3n) is 3.38. The minimum Gasteiger partial charge on any atom is -0.341 e. The molecule has 1 saturated carbocycles. The van der Waals surface area contributed by atoms with Crippen molar-refractivity contribution in [2.24, 2.45) is 11.7 Å². The van der Waals surface area contributed by atoms with Crippen LogP contribution in [0.4, 0.5) is 5.95 Å². The van der Waals surface area contributed by atoms with Gasteiger partial charge < -0.3 is 10.7 Å². The van der Waals surface area contributed by atoms with Gasteiger partial charge in [0.25, 0.3) is 0 Å². The van der Waals surface area contributed by atoms with Crippen LogP contribution < -0.4 is 11.1 Å². The topological polar surface area (TPSA) is 110 Å². The Morgan fingerprint density at radius 2 is 2.32 bits per heavy atom. The number of aromatic nitrogens is 4. The quantitative estimate of drug-likeness (QED) is 0.729. The van der Waals surface area contributed by atoms with Gasteiger partial charge in [-0.2, -0.15) is 9.97 Å². The van der Waals surface area contributed by atoms with Crippen LogP contribution in [0.5, 0.6) is 0 Å². The summed E-state index contributed by atoms with van der Waals surface area (Å²) in [7, 11) is 0. The Bertz CT molecular complexity index is 648. The first kappa shape index (κ1) is 12.3. The van der Waals surface area contributed by atoms with E-state index in [-0.39, 0.29) is 22.9 Å². The number of nitrogens with one attached hydrogen (secondary N) is 2. The molecule has 2 heterocycles. The largest absolute Gasteiger partial charge is 0.341 e. The van der Waals surface area contributed by atoms with Crippen molar-refractivity contribution in [1.82, 2.24) is 19.9 Å². The van der Waals surface area contributed by atoms with Gasteiger partial charge in [-0.15, -0.1) is 0 Å². The number of aromatic amines is 1. The van der Waals surface area contributed by atoms with E-state index in [4.69, 9.17) is 17.3 Å². The second-order valence-corrected chi connectivity index (χ2v) is 5.31. The lowest BCUT2D eigenvalue weighted by Crippen LogP contribution is -2.50. The van der Waals surface area contributed by atoms with Crippen LogP contribution in [0.1, 0.15) is 19.8 Å². The van der Waals surface area contributed by atoms with Gasteiger partial charge in [-0.25, -0.2) is 4.98 Å². The summed E-state index contributed by atoms with van der Waals surface area (Å²) in [6.45, 7) is 1.72. The number of anilines is 1. The second-order valence-electron chi connectivity index (χ2n) is 4.95. The number of nitrogens with two attached hydrogens (primary N) is 1. The molecule has 1 fully saturated rings. The molecule has 4 N–H and O–H groups in total. The first-order valence-electron chi connectivity index (χ1n) is 5.95. The van der Waals surface area contributed by atoms with Gasteiger partial charge >= 0.3 is 0 Å². The number of rotatable bonds is 3. The standard InChI is InChI=1S/C11H13ClN6O/c1-11(13,5-2-3-5)9(19)18-10-16-7(12)6-8(17-10)15-4-14-6/h4-5H,2-3,13H2,1H3,(H2,14,15,16,17,18,19). The van der Waals surface area contributed by atoms with Crippen LogP contribution in [-0.2, 0) is 4.79 Å². The van der Waals surface area contributed by atoms with Crippen LogP contribution in [0.2, 0.25) is 5.15 Å². The van der Waals surface area contributed by atoms with Crippen LogP contribution in [0.15, 0.2) is 6.33 Å². The summed E-state index contributed by atoms with van der Waals surface area (Å²) < 4.78 is 0. The van der Waals surface area contributed by atoms with Gasteiger partial charge in [-0.3, -0.25) is 10.1 Å². The number of imidazole rings is 1. The number of H-pyrrole nitrogens is 1. The van der Waals surface area contributed by atoms with Crippen molar-refractivity contribution >= 4 is 34.6 Å². The maximum atomic E-state index is 12.1. The zero-order valence-corrected chi connectivity index (χ0v) is 11.0. The van der Waals surface area contributed by atoms with Crippen LogP contribution in [0, 0.1) is 5.92 Å². The molecule has 2 aromatic heterocycles. The average Bonchev–Trinajstić information content (AvgIpc) is 3.09. The molecule has 0 spiro atoms. The van der Waals surface area contributed by atoms with E-state index in [1.54, 1.807) is 6.92 Å². The lowest BCUT2D eigenvalue weighted by molar-refractivity contribution is -0.121. The maximum Gasteiger partial charge on any atom is 0.246 e. The van der Waals surface area contributed by atoms with E-state index < -0.39 is 5.54 Å². The van der Waals surface area contributed by atoms with Crippen molar-refractivity contribution in [2.45, 2.75) is 25.3 Å². The molecule has 0 aliphatic heterocycles. The number of amides is 1. The first-order valence-corrected chi connectivity index (χ1v) is 6.33. The molecule has 1 aliphatic rings. The van der Waals surface area contributed by atoms with Gasteiger partial charge in [0.1, 0.15) is 5.52 Å². The highest BCUT2D eigenvalue weighted by Gasteiger charge is 2.44. The summed E-state index contributed by atoms with van der Waals surface area (Å²) in [5.41, 5.74) is 6.06. The van der Waals surface area contributed by atoms with Crippen LogP contribution >= 0.6 is 11.6 Å². The molecule has 0 radical (unpaired) electrons. The number of carbonyl (C=O) groups excluding carboxylic acids is 1. The molecule has 1 amide bonds. The molecule has 0 saturated heterocycles. The minimum atomic E-state index is -0.906. The summed E-state index contributed by atoms with van der Waals surface area (Å²) in [5, 5.41) is 2.81. The molecule has 1 unspecified atom stereocenters. The molecular formula is C11H13ClN6O. The highest BCUT2D eigenvalue weighted by molar-refractivity contribution is 6.33. The predicted molar refractivity (Wildman–Crippen MR) is 70.6 cm³/mol. The van der Waals surface area contributed by atoms with E-state index in [2.05, 4.69) is 25.3 Å². The molecule has 0 aromatic carbocycles. The molecule has 1 atom stereocenters. The van der Waals surface area contributed by atoms with E-state index >= 15 is 0 Å². The minimum absolute atomic E-state index is 0.118. The van der Waals surface area contributed by atoms with Gasteiger partial charge in [0, 0.05) is 0 Å². The zero-order valence-electron chi connectivity index (χ0n) is 10.3. The van der Waals surface area contributed by atoms with Crippen molar-refractivity contribution in [3.05, 3.63) is 11.5 Å². The Morgan fingerprint density at radius 1 is 1.58 bits per heavy atom. The van der Waals surface area contributed by atoms with Gasteiger partial charge in [0.15, 0.2) is 10.8 Å². The van der Waals surface area contributed by atoms with Gasteiger partial charge in [-0.05, 0) is 25.7 Å². The summed E-state index contributed by atoms with van der Waals surface area (Å²) >= 11 is 5.97. The number of hydrogen-bond donors (Lipinski definition) is 3. The normalized spacial score (nSPS) is 18.3. The van der Waals surface area contributed by atoms with Gasteiger partial charge in [0.2, 0.25) is 11.9 Å². The summed E-state index contributed by atoms with van der Waals surface area (Å²) in [4.78, 5) is 27.0. The summed E-state index contributed by atoms with van der Waals surface area (Å²) in [6, 6.07) is 0. The number of fused-ring (bicyclic) bond motifs is 1. The van der Waals surface area contributed by atoms with E-state index in [1.807, 2.05) is 0 Å². The van der Waals surface area contributed by atoms with Crippen molar-refractivity contribution in [3.8, 4) is 0 Å². The Hall–Kier alpha value is -1.73. The maximum absolute atomic E-state index is 12.1. The molecule has 19 heavy (non-hydrogen) atoms. The van der Waals surface area contributed by atoms with E-state index in [0.29, 0.717) is 11.2 Å². The molecule has 7 nitrogen and oxygen atoms in total. The lowest BCUT2D eigenvalue weighted by Gasteiger charge is -2.22. The van der Waals surface area contributed by atoms with Crippen LogP contribution in [-0.4, -0.2) is 31.4 Å². The molecule has 3 rings (SSSR count). The molecule has 8 heteroatoms. The Balaban J connectivity index is 1.86. The molecule has 1 aliphatic carbocycles. The fraction of sp³-hybridized carbons (Fsp3) is 0.455. The smallest absolute Gasteiger partial charge is 0.246 e. The third-order valence-corrected chi connectivity index (χ3v) is 3.65. The monoisotopic (exact) mass is 280 g/mol. The van der Waals surface area contributed by atoms with E-state index in [0.717, 1.165) is 12.8 Å². The summed E-state index contributed by atoms with van der Waals surface area (Å²) in [5.74, 6) is 0.0324. The van der Waals surface area contributed by atoms with Crippen molar-refractivity contribution in [2.75, 3.05) is 5.32 Å². The van der Waals surface area contributed by atoms with Crippen molar-refractivity contribution < 1.29 is 4.79 Å². The van der Waals surface area contributed by atoms with Crippen molar-refractivity contribution in [3.63, 3.8) is 0 Å². The van der Waals surface area contributed by atoms with Gasteiger partial charge in [0.05, 0.1) is 11.9 Å². The second kappa shape index (κ2) is 4.14. The fourth-order valence-electron chi connectivity index (χ4n) is 1.96. The van der Waals surface area contributed by atoms with E-state index in [1.165, 1.54) is 6.33 Å². The summed E-state index contributed by atoms with van der Waals surface area (Å²) in [6.07, 6.45) is 3.41. The first-order chi connectivity index (χ1) is 8.98. The van der Waals surface area contributed by atoms with Crippen LogP contribution in [0.25, 0.3) is 11.2 Å². The van der Waals surface area contributed by atoms with E-state index in [9.17, 15) is 4.79 Å². The zero-order chi connectivity index (χ0) is 13.6. The van der Waals surface area contributed by atoms with Crippen LogP contribution in [0.3, 0.4) is 0 Å². The molecule has 0 bridgehead atoms.